The Morgan fingerprint density at radius 1 is 1.16 bits per heavy atom. The van der Waals surface area contributed by atoms with Gasteiger partial charge in [-0.3, -0.25) is 9.59 Å². The average Bonchev–Trinajstić information content (AvgIpc) is 2.69. The number of piperidine rings is 1. The third-order valence-electron chi connectivity index (χ3n) is 6.06. The molecule has 1 unspecified atom stereocenters. The van der Waals surface area contributed by atoms with Crippen molar-refractivity contribution in [1.29, 1.82) is 0 Å². The molecular weight excluding hydrogens is 412 g/mol. The first-order chi connectivity index (χ1) is 15.0. The van der Waals surface area contributed by atoms with Crippen LogP contribution in [0.2, 0.25) is 0 Å². The van der Waals surface area contributed by atoms with Crippen molar-refractivity contribution < 1.29 is 18.4 Å². The summed E-state index contributed by atoms with van der Waals surface area (Å²) >= 11 is 0. The number of likely N-dealkylation sites (tertiary alicyclic amines) is 1. The van der Waals surface area contributed by atoms with E-state index in [1.54, 1.807) is 6.08 Å². The van der Waals surface area contributed by atoms with Crippen molar-refractivity contribution in [1.82, 2.24) is 15.5 Å². The van der Waals surface area contributed by atoms with E-state index in [-0.39, 0.29) is 23.3 Å². The molecule has 5 nitrogen and oxygen atoms in total. The van der Waals surface area contributed by atoms with E-state index in [0.29, 0.717) is 51.7 Å². The number of benzene rings is 1. The van der Waals surface area contributed by atoms with Crippen molar-refractivity contribution in [3.05, 3.63) is 48.1 Å². The van der Waals surface area contributed by atoms with Crippen LogP contribution in [0.1, 0.15) is 58.9 Å². The van der Waals surface area contributed by atoms with Gasteiger partial charge in [0.15, 0.2) is 0 Å². The third-order valence-corrected chi connectivity index (χ3v) is 6.06. The quantitative estimate of drug-likeness (QED) is 0.561. The Morgan fingerprint density at radius 3 is 2.25 bits per heavy atom. The first-order valence-corrected chi connectivity index (χ1v) is 11.4. The van der Waals surface area contributed by atoms with Crippen molar-refractivity contribution in [3.8, 4) is 0 Å². The van der Waals surface area contributed by atoms with Crippen LogP contribution in [0.4, 0.5) is 8.78 Å². The number of halogens is 2. The van der Waals surface area contributed by atoms with Gasteiger partial charge in [0.25, 0.3) is 0 Å². The molecule has 1 atom stereocenters. The van der Waals surface area contributed by atoms with Gasteiger partial charge >= 0.3 is 0 Å². The van der Waals surface area contributed by atoms with Gasteiger partial charge in [-0.2, -0.15) is 0 Å². The minimum absolute atomic E-state index is 0.0462. The fourth-order valence-electron chi connectivity index (χ4n) is 4.51. The van der Waals surface area contributed by atoms with Gasteiger partial charge < -0.3 is 15.5 Å². The number of hydrogen-bond acceptors (Lipinski definition) is 3. The number of hydrogen-bond donors (Lipinski definition) is 2. The molecule has 7 heteroatoms. The van der Waals surface area contributed by atoms with E-state index in [2.05, 4.69) is 22.1 Å². The van der Waals surface area contributed by atoms with E-state index in [4.69, 9.17) is 0 Å². The second kappa shape index (κ2) is 11.0. The smallest absolute Gasteiger partial charge is 0.246 e. The van der Waals surface area contributed by atoms with Gasteiger partial charge in [-0.05, 0) is 84.0 Å². The first kappa shape index (κ1) is 26.0. The minimum Gasteiger partial charge on any atom is -0.349 e. The van der Waals surface area contributed by atoms with E-state index in [1.165, 1.54) is 25.1 Å². The summed E-state index contributed by atoms with van der Waals surface area (Å²) in [6.07, 6.45) is 4.54. The zero-order chi connectivity index (χ0) is 23.9. The molecule has 2 amide bonds. The van der Waals surface area contributed by atoms with Gasteiger partial charge in [0, 0.05) is 24.6 Å². The maximum Gasteiger partial charge on any atom is 0.246 e. The van der Waals surface area contributed by atoms with Gasteiger partial charge in [-0.1, -0.05) is 12.1 Å². The molecule has 178 valence electrons. The molecule has 32 heavy (non-hydrogen) atoms. The molecule has 1 aliphatic rings. The van der Waals surface area contributed by atoms with Crippen LogP contribution in [0.5, 0.6) is 0 Å². The Labute approximate surface area is 190 Å². The first-order valence-electron chi connectivity index (χ1n) is 11.4. The Balaban J connectivity index is 2.13. The van der Waals surface area contributed by atoms with Crippen LogP contribution >= 0.6 is 0 Å². The fraction of sp³-hybridized carbons (Fsp3) is 0.600. The maximum absolute atomic E-state index is 13.9. The second-order valence-corrected chi connectivity index (χ2v) is 9.75. The Morgan fingerprint density at radius 2 is 1.75 bits per heavy atom. The lowest BCUT2D eigenvalue weighted by atomic mass is 9.73. The summed E-state index contributed by atoms with van der Waals surface area (Å²) in [5.74, 6) is -1.50. The summed E-state index contributed by atoms with van der Waals surface area (Å²) in [4.78, 5) is 27.7. The molecule has 1 aromatic carbocycles. The van der Waals surface area contributed by atoms with Crippen LogP contribution in [0.15, 0.2) is 30.9 Å². The highest BCUT2D eigenvalue weighted by Crippen LogP contribution is 2.33. The molecule has 0 aromatic heterocycles. The largest absolute Gasteiger partial charge is 0.349 e. The molecule has 2 rings (SSSR count). The molecule has 1 aliphatic heterocycles. The van der Waals surface area contributed by atoms with Crippen LogP contribution in [0.3, 0.4) is 0 Å². The number of nitrogens with one attached hydrogen (secondary N) is 2. The molecule has 0 bridgehead atoms. The minimum atomic E-state index is -1.02. The lowest BCUT2D eigenvalue weighted by Crippen LogP contribution is -2.66. The second-order valence-electron chi connectivity index (χ2n) is 9.75. The van der Waals surface area contributed by atoms with Crippen molar-refractivity contribution in [2.45, 2.75) is 70.9 Å². The molecule has 1 aromatic rings. The summed E-state index contributed by atoms with van der Waals surface area (Å²) in [5, 5.41) is 6.05. The van der Waals surface area contributed by atoms with Crippen LogP contribution in [-0.4, -0.2) is 47.4 Å². The van der Waals surface area contributed by atoms with Gasteiger partial charge in [0.05, 0.1) is 0 Å². The van der Waals surface area contributed by atoms with Crippen LogP contribution in [-0.2, 0) is 16.0 Å². The summed E-state index contributed by atoms with van der Waals surface area (Å²) in [6.45, 7) is 12.9. The number of carbonyl (C=O) groups is 2. The molecule has 1 saturated heterocycles. The van der Waals surface area contributed by atoms with Crippen LogP contribution in [0.25, 0.3) is 0 Å². The predicted molar refractivity (Wildman–Crippen MR) is 123 cm³/mol. The highest BCUT2D eigenvalue weighted by Gasteiger charge is 2.47. The molecular formula is C25H37F2N3O2. The fourth-order valence-corrected chi connectivity index (χ4v) is 4.51. The van der Waals surface area contributed by atoms with Crippen molar-refractivity contribution in [2.75, 3.05) is 19.6 Å². The number of allylic oxidation sites excluding steroid dienone is 1. The van der Waals surface area contributed by atoms with Crippen molar-refractivity contribution in [2.24, 2.45) is 5.92 Å². The molecule has 2 N–H and O–H groups in total. The SMILES string of the molecule is C=CCCC(NC(C)=O)(C(=O)NC(C)(C)C)C1CCN(CCc2c(F)cccc2F)CC1. The molecule has 0 saturated carbocycles. The van der Waals surface area contributed by atoms with Gasteiger partial charge in [-0.15, -0.1) is 6.58 Å². The Bertz CT molecular complexity index is 794. The predicted octanol–water partition coefficient (Wildman–Crippen LogP) is 3.98. The summed E-state index contributed by atoms with van der Waals surface area (Å²) in [7, 11) is 0. The number of amides is 2. The third kappa shape index (κ3) is 6.86. The van der Waals surface area contributed by atoms with Crippen molar-refractivity contribution >= 4 is 11.8 Å². The molecule has 1 heterocycles. The molecule has 0 aliphatic carbocycles. The number of nitrogens with zero attached hydrogens (tertiary/aromatic N) is 1. The normalized spacial score (nSPS) is 17.4. The highest BCUT2D eigenvalue weighted by atomic mass is 19.1. The monoisotopic (exact) mass is 449 g/mol. The van der Waals surface area contributed by atoms with E-state index < -0.39 is 22.7 Å². The van der Waals surface area contributed by atoms with Gasteiger partial charge in [-0.25, -0.2) is 8.78 Å². The highest BCUT2D eigenvalue weighted by molar-refractivity contribution is 5.91. The van der Waals surface area contributed by atoms with Crippen LogP contribution in [0, 0.1) is 17.6 Å². The zero-order valence-corrected chi connectivity index (χ0v) is 19.8. The van der Waals surface area contributed by atoms with Gasteiger partial charge in [0.1, 0.15) is 17.2 Å². The zero-order valence-electron chi connectivity index (χ0n) is 19.8. The standard InChI is InChI=1S/C25H37F2N3O2/c1-6-7-14-25(28-18(2)31,23(32)29-24(3,4)5)19-11-15-30(16-12-19)17-13-20-21(26)9-8-10-22(20)27/h6,8-10,19H,1,7,11-17H2,2-5H3,(H,28,31)(H,29,32). The Kier molecular flexibility index (Phi) is 8.96. The lowest BCUT2D eigenvalue weighted by Gasteiger charge is -2.45. The molecule has 1 fully saturated rings. The molecule has 0 radical (unpaired) electrons. The van der Waals surface area contributed by atoms with Crippen molar-refractivity contribution in [3.63, 3.8) is 0 Å². The van der Waals surface area contributed by atoms with E-state index in [1.807, 2.05) is 20.8 Å². The maximum atomic E-state index is 13.9. The lowest BCUT2D eigenvalue weighted by molar-refractivity contribution is -0.138. The van der Waals surface area contributed by atoms with E-state index in [9.17, 15) is 18.4 Å². The average molecular weight is 450 g/mol. The summed E-state index contributed by atoms with van der Waals surface area (Å²) < 4.78 is 27.9. The van der Waals surface area contributed by atoms with Crippen LogP contribution < -0.4 is 10.6 Å². The topological polar surface area (TPSA) is 61.4 Å². The van der Waals surface area contributed by atoms with Gasteiger partial charge in [0.2, 0.25) is 11.8 Å². The number of rotatable bonds is 9. The van der Waals surface area contributed by atoms with E-state index in [0.717, 1.165) is 0 Å². The number of carbonyl (C=O) groups excluding carboxylic acids is 2. The summed E-state index contributed by atoms with van der Waals surface area (Å²) in [6, 6.07) is 3.92. The van der Waals surface area contributed by atoms with E-state index >= 15 is 0 Å². The summed E-state index contributed by atoms with van der Waals surface area (Å²) in [5.41, 5.74) is -1.34. The molecule has 0 spiro atoms. The Hall–Kier alpha value is -2.28.